The third-order valence-corrected chi connectivity index (χ3v) is 14.1. The lowest BCUT2D eigenvalue weighted by Gasteiger charge is -2.38. The Morgan fingerprint density at radius 1 is 0.950 bits per heavy atom. The molecular weight excluding hydrogens is 796 g/mol. The quantitative estimate of drug-likeness (QED) is 0.296. The molecule has 3 aliphatic heterocycles. The van der Waals surface area contributed by atoms with Crippen molar-refractivity contribution in [1.82, 2.24) is 25.2 Å². The van der Waals surface area contributed by atoms with Gasteiger partial charge in [-0.1, -0.05) is 63.5 Å². The van der Waals surface area contributed by atoms with Gasteiger partial charge in [-0.05, 0) is 74.1 Å². The number of halogens is 1. The number of carbonyl (C=O) groups excluding carboxylic acids is 5. The van der Waals surface area contributed by atoms with Crippen molar-refractivity contribution in [2.75, 3.05) is 18.4 Å². The fraction of sp³-hybridized carbons (Fsp3) is 0.558. The first-order chi connectivity index (χ1) is 28.6. The Morgan fingerprint density at radius 3 is 2.43 bits per heavy atom. The Hall–Kier alpha value is -5.19. The van der Waals surface area contributed by atoms with Gasteiger partial charge in [-0.25, -0.2) is 27.1 Å². The first-order valence-electron chi connectivity index (χ1n) is 21.0. The zero-order valence-electron chi connectivity index (χ0n) is 34.2. The van der Waals surface area contributed by atoms with Crippen molar-refractivity contribution >= 4 is 45.6 Å². The van der Waals surface area contributed by atoms with Gasteiger partial charge < -0.3 is 30.3 Å². The lowest BCUT2D eigenvalue weighted by Crippen LogP contribution is -2.60. The minimum Gasteiger partial charge on any atom is -0.446 e. The fourth-order valence-electron chi connectivity index (χ4n) is 9.05. The summed E-state index contributed by atoms with van der Waals surface area (Å²) in [4.78, 5) is 73.1. The third kappa shape index (κ3) is 9.10. The second-order valence-electron chi connectivity index (χ2n) is 17.4. The third-order valence-electron chi connectivity index (χ3n) is 12.7. The Labute approximate surface area is 350 Å². The number of sulfonamides is 1. The van der Waals surface area contributed by atoms with Gasteiger partial charge in [0.15, 0.2) is 0 Å². The number of para-hydroxylation sites is 1. The second kappa shape index (κ2) is 17.4. The summed E-state index contributed by atoms with van der Waals surface area (Å²) < 4.78 is 55.9. The van der Waals surface area contributed by atoms with Crippen molar-refractivity contribution in [3.8, 4) is 0 Å². The number of amides is 5. The highest BCUT2D eigenvalue weighted by atomic mass is 32.2. The number of nitrogens with one attached hydrogen (secondary N) is 4. The monoisotopic (exact) mass is 850 g/mol. The number of hydrogen-bond donors (Lipinski definition) is 4. The molecule has 15 nitrogen and oxygen atoms in total. The summed E-state index contributed by atoms with van der Waals surface area (Å²) in [5.41, 5.74) is -1.22. The maximum absolute atomic E-state index is 15.0. The number of anilines is 1. The number of benzene rings is 2. The summed E-state index contributed by atoms with van der Waals surface area (Å²) in [5, 5.41) is 8.79. The smallest absolute Gasteiger partial charge is 0.410 e. The molecule has 2 aromatic rings. The number of alkyl carbamates (subject to hydrolysis) is 1. The average Bonchev–Trinajstić information content (AvgIpc) is 3.61. The molecule has 5 aliphatic rings. The van der Waals surface area contributed by atoms with E-state index in [2.05, 4.69) is 27.3 Å². The molecule has 2 aromatic carbocycles. The van der Waals surface area contributed by atoms with Crippen LogP contribution in [0.3, 0.4) is 0 Å². The van der Waals surface area contributed by atoms with Crippen LogP contribution in [0.25, 0.3) is 0 Å². The van der Waals surface area contributed by atoms with E-state index in [-0.39, 0.29) is 43.5 Å². The van der Waals surface area contributed by atoms with E-state index in [1.54, 1.807) is 30.3 Å². The minimum absolute atomic E-state index is 0.0204. The van der Waals surface area contributed by atoms with Gasteiger partial charge in [-0.15, -0.1) is 6.58 Å². The highest BCUT2D eigenvalue weighted by Crippen LogP contribution is 2.45. The molecule has 0 aromatic heterocycles. The maximum Gasteiger partial charge on any atom is 0.410 e. The fourth-order valence-corrected chi connectivity index (χ4v) is 10.3. The van der Waals surface area contributed by atoms with Gasteiger partial charge in [0.05, 0.1) is 18.8 Å². The van der Waals surface area contributed by atoms with E-state index in [1.807, 2.05) is 13.8 Å². The topological polar surface area (TPSA) is 193 Å². The van der Waals surface area contributed by atoms with Crippen molar-refractivity contribution in [3.05, 3.63) is 72.1 Å². The summed E-state index contributed by atoms with van der Waals surface area (Å²) in [7, 11) is -4.43. The SMILES string of the molecule is C=C[C@@H]1C[C@@]12NC(=O)[C@@H]1C[C@@H](OC(=O)N3Cc4cccc(F)c4C3)CN1C(=O)[C@@H](NC(=O)OC1CCCC1)C(C)(C)CCCCCCNc1ccccc1S(=O)(=O)NC2=O. The van der Waals surface area contributed by atoms with Gasteiger partial charge in [0.25, 0.3) is 15.9 Å². The summed E-state index contributed by atoms with van der Waals surface area (Å²) in [6.45, 7) is 7.87. The molecule has 3 heterocycles. The number of fused-ring (bicyclic) bond motifs is 3. The summed E-state index contributed by atoms with van der Waals surface area (Å²) in [6.07, 6.45) is 5.29. The summed E-state index contributed by atoms with van der Waals surface area (Å²) in [6, 6.07) is 8.39. The van der Waals surface area contributed by atoms with Crippen LogP contribution >= 0.6 is 0 Å². The van der Waals surface area contributed by atoms with Crippen molar-refractivity contribution in [3.63, 3.8) is 0 Å². The average molecular weight is 851 g/mol. The van der Waals surface area contributed by atoms with Crippen LogP contribution in [0.15, 0.2) is 60.0 Å². The maximum atomic E-state index is 15.0. The Kier molecular flexibility index (Phi) is 12.5. The number of ether oxygens (including phenoxy) is 2. The van der Waals surface area contributed by atoms with E-state index in [9.17, 15) is 36.8 Å². The van der Waals surface area contributed by atoms with Gasteiger partial charge in [-0.2, -0.15) is 0 Å². The zero-order valence-corrected chi connectivity index (χ0v) is 35.0. The Morgan fingerprint density at radius 2 is 1.70 bits per heavy atom. The predicted octanol–water partition coefficient (Wildman–Crippen LogP) is 5.25. The standard InChI is InChI=1S/C43H55FN6O9S/c1-4-28-23-43(28)39(53)48-60(56,57)35-19-10-9-18-33(35)45-21-12-6-5-11-20-42(2,3)36(46-40(54)58-29-15-7-8-16-29)38(52)50-25-30(22-34(50)37(51)47-43)59-41(55)49-24-27-14-13-17-32(44)31(27)26-49/h4,9-10,13-14,17-19,28-30,34,36,45H,1,5-8,11-12,15-16,20-26H2,2-3H3,(H,46,54)(H,47,51)(H,48,53)/t28-,30-,34+,36-,43-/m1/s1. The normalized spacial score (nSPS) is 28.3. The molecule has 0 radical (unpaired) electrons. The van der Waals surface area contributed by atoms with Crippen LogP contribution in [-0.2, 0) is 47.0 Å². The molecule has 7 rings (SSSR count). The zero-order chi connectivity index (χ0) is 42.8. The predicted molar refractivity (Wildman–Crippen MR) is 218 cm³/mol. The second-order valence-corrected chi connectivity index (χ2v) is 19.0. The number of rotatable bonds is 4. The molecular formula is C43H55FN6O9S. The molecule has 2 saturated carbocycles. The van der Waals surface area contributed by atoms with Crippen molar-refractivity contribution in [2.24, 2.45) is 11.3 Å². The van der Waals surface area contributed by atoms with Crippen molar-refractivity contribution in [2.45, 2.75) is 132 Å². The first-order valence-corrected chi connectivity index (χ1v) is 22.4. The van der Waals surface area contributed by atoms with Crippen molar-refractivity contribution < 1.29 is 46.3 Å². The van der Waals surface area contributed by atoms with E-state index in [1.165, 1.54) is 28.0 Å². The highest BCUT2D eigenvalue weighted by Gasteiger charge is 2.62. The van der Waals surface area contributed by atoms with Crippen LogP contribution in [-0.4, -0.2) is 91.0 Å². The molecule has 5 atom stereocenters. The molecule has 2 aliphatic carbocycles. The highest BCUT2D eigenvalue weighted by molar-refractivity contribution is 7.90. The van der Waals surface area contributed by atoms with E-state index in [0.717, 1.165) is 25.7 Å². The van der Waals surface area contributed by atoms with Crippen LogP contribution in [0, 0.1) is 17.2 Å². The molecule has 1 saturated heterocycles. The molecule has 0 bridgehead atoms. The molecule has 324 valence electrons. The summed E-state index contributed by atoms with van der Waals surface area (Å²) >= 11 is 0. The molecule has 60 heavy (non-hydrogen) atoms. The van der Waals surface area contributed by atoms with Gasteiger partial charge >= 0.3 is 12.2 Å². The molecule has 4 N–H and O–H groups in total. The molecule has 3 fully saturated rings. The lowest BCUT2D eigenvalue weighted by molar-refractivity contribution is -0.143. The Bertz CT molecular complexity index is 2130. The number of carbonyl (C=O) groups is 5. The van der Waals surface area contributed by atoms with Crippen LogP contribution in [0.4, 0.5) is 19.7 Å². The number of hydrogen-bond acceptors (Lipinski definition) is 10. The van der Waals surface area contributed by atoms with Crippen LogP contribution in [0.1, 0.15) is 95.6 Å². The molecule has 5 amide bonds. The lowest BCUT2D eigenvalue weighted by atomic mass is 9.78. The largest absolute Gasteiger partial charge is 0.446 e. The molecule has 1 spiro atoms. The number of nitrogens with zero attached hydrogens (tertiary/aromatic N) is 2. The van der Waals surface area contributed by atoms with Gasteiger partial charge in [0.2, 0.25) is 11.8 Å². The Balaban J connectivity index is 1.19. The van der Waals surface area contributed by atoms with Crippen molar-refractivity contribution in [1.29, 1.82) is 0 Å². The first kappa shape index (κ1) is 42.9. The molecule has 17 heteroatoms. The van der Waals surface area contributed by atoms with E-state index >= 15 is 0 Å². The van der Waals surface area contributed by atoms with Crippen LogP contribution < -0.4 is 20.7 Å². The summed E-state index contributed by atoms with van der Waals surface area (Å²) in [5.74, 6) is -3.44. The minimum atomic E-state index is -4.43. The van der Waals surface area contributed by atoms with Gasteiger partial charge in [0.1, 0.15) is 40.5 Å². The van der Waals surface area contributed by atoms with E-state index < -0.39 is 80.8 Å². The molecule has 0 unspecified atom stereocenters. The van der Waals surface area contributed by atoms with E-state index in [0.29, 0.717) is 55.5 Å². The van der Waals surface area contributed by atoms with Gasteiger partial charge in [-0.3, -0.25) is 19.3 Å². The van der Waals surface area contributed by atoms with Crippen LogP contribution in [0.2, 0.25) is 0 Å². The van der Waals surface area contributed by atoms with Gasteiger partial charge in [0, 0.05) is 31.0 Å². The van der Waals surface area contributed by atoms with Crippen LogP contribution in [0.5, 0.6) is 0 Å². The van der Waals surface area contributed by atoms with E-state index in [4.69, 9.17) is 9.47 Å².